The van der Waals surface area contributed by atoms with E-state index in [0.29, 0.717) is 6.61 Å². The van der Waals surface area contributed by atoms with Crippen LogP contribution in [0.15, 0.2) is 18.2 Å². The second-order valence-electron chi connectivity index (χ2n) is 3.12. The van der Waals surface area contributed by atoms with Crippen molar-refractivity contribution in [3.05, 3.63) is 23.8 Å². The SMILES string of the molecule is COc1cccc2c1OCC[C@@H]2N.Cl. The minimum Gasteiger partial charge on any atom is -0.493 e. The molecule has 0 radical (unpaired) electrons. The van der Waals surface area contributed by atoms with Crippen LogP contribution in [0, 0.1) is 0 Å². The Labute approximate surface area is 89.6 Å². The van der Waals surface area contributed by atoms with Crippen molar-refractivity contribution in [2.24, 2.45) is 5.73 Å². The summed E-state index contributed by atoms with van der Waals surface area (Å²) >= 11 is 0. The standard InChI is InChI=1S/C10H13NO2.ClH/c1-12-9-4-2-3-7-8(11)5-6-13-10(7)9;/h2-4,8H,5-6,11H2,1H3;1H/t8-;/m0./s1. The van der Waals surface area contributed by atoms with E-state index in [4.69, 9.17) is 15.2 Å². The summed E-state index contributed by atoms with van der Waals surface area (Å²) in [5.74, 6) is 1.58. The maximum Gasteiger partial charge on any atom is 0.165 e. The van der Waals surface area contributed by atoms with Crippen LogP contribution in [-0.2, 0) is 0 Å². The molecule has 4 heteroatoms. The smallest absolute Gasteiger partial charge is 0.165 e. The van der Waals surface area contributed by atoms with Gasteiger partial charge in [0, 0.05) is 18.0 Å². The molecule has 0 unspecified atom stereocenters. The zero-order valence-electron chi connectivity index (χ0n) is 8.03. The molecule has 14 heavy (non-hydrogen) atoms. The number of fused-ring (bicyclic) bond motifs is 1. The van der Waals surface area contributed by atoms with Gasteiger partial charge >= 0.3 is 0 Å². The molecule has 0 fully saturated rings. The minimum absolute atomic E-state index is 0. The summed E-state index contributed by atoms with van der Waals surface area (Å²) in [5, 5.41) is 0. The second kappa shape index (κ2) is 4.53. The van der Waals surface area contributed by atoms with E-state index in [-0.39, 0.29) is 18.4 Å². The summed E-state index contributed by atoms with van der Waals surface area (Å²) < 4.78 is 10.7. The van der Waals surface area contributed by atoms with Crippen LogP contribution in [0.1, 0.15) is 18.0 Å². The number of halogens is 1. The maximum absolute atomic E-state index is 5.93. The van der Waals surface area contributed by atoms with Gasteiger partial charge in [0.05, 0.1) is 13.7 Å². The first kappa shape index (κ1) is 11.1. The van der Waals surface area contributed by atoms with Crippen LogP contribution in [0.25, 0.3) is 0 Å². The number of hydrogen-bond donors (Lipinski definition) is 1. The van der Waals surface area contributed by atoms with Gasteiger partial charge in [-0.15, -0.1) is 12.4 Å². The minimum atomic E-state index is 0. The normalized spacial score (nSPS) is 18.9. The molecule has 0 aromatic heterocycles. The zero-order chi connectivity index (χ0) is 9.26. The number of methoxy groups -OCH3 is 1. The fourth-order valence-corrected chi connectivity index (χ4v) is 1.58. The number of nitrogens with two attached hydrogens (primary N) is 1. The Hall–Kier alpha value is -0.930. The molecule has 0 spiro atoms. The van der Waals surface area contributed by atoms with Crippen molar-refractivity contribution in [3.63, 3.8) is 0 Å². The molecule has 78 valence electrons. The highest BCUT2D eigenvalue weighted by atomic mass is 35.5. The Balaban J connectivity index is 0.000000980. The Kier molecular flexibility index (Phi) is 3.61. The molecular formula is C10H14ClNO2. The number of para-hydroxylation sites is 1. The molecular weight excluding hydrogens is 202 g/mol. The van der Waals surface area contributed by atoms with E-state index >= 15 is 0 Å². The van der Waals surface area contributed by atoms with Crippen molar-refractivity contribution in [2.75, 3.05) is 13.7 Å². The van der Waals surface area contributed by atoms with Gasteiger partial charge in [0.25, 0.3) is 0 Å². The van der Waals surface area contributed by atoms with Crippen LogP contribution < -0.4 is 15.2 Å². The van der Waals surface area contributed by atoms with E-state index < -0.39 is 0 Å². The van der Waals surface area contributed by atoms with Gasteiger partial charge in [-0.3, -0.25) is 0 Å². The monoisotopic (exact) mass is 215 g/mol. The van der Waals surface area contributed by atoms with Crippen LogP contribution in [0.4, 0.5) is 0 Å². The van der Waals surface area contributed by atoms with Gasteiger partial charge < -0.3 is 15.2 Å². The Morgan fingerprint density at radius 2 is 2.29 bits per heavy atom. The third-order valence-electron chi connectivity index (χ3n) is 2.30. The molecule has 0 saturated heterocycles. The Morgan fingerprint density at radius 3 is 3.00 bits per heavy atom. The van der Waals surface area contributed by atoms with Gasteiger partial charge in [-0.2, -0.15) is 0 Å². The van der Waals surface area contributed by atoms with E-state index in [1.54, 1.807) is 7.11 Å². The van der Waals surface area contributed by atoms with Gasteiger partial charge in [0.1, 0.15) is 0 Å². The van der Waals surface area contributed by atoms with Crippen LogP contribution in [0.2, 0.25) is 0 Å². The van der Waals surface area contributed by atoms with Crippen molar-refractivity contribution in [2.45, 2.75) is 12.5 Å². The summed E-state index contributed by atoms with van der Waals surface area (Å²) in [6.07, 6.45) is 0.875. The average Bonchev–Trinajstić information content (AvgIpc) is 2.18. The van der Waals surface area contributed by atoms with Gasteiger partial charge in [-0.25, -0.2) is 0 Å². The molecule has 0 amide bonds. The molecule has 1 aliphatic rings. The Morgan fingerprint density at radius 1 is 1.50 bits per heavy atom. The predicted octanol–water partition coefficient (Wildman–Crippen LogP) is 1.90. The average molecular weight is 216 g/mol. The van der Waals surface area contributed by atoms with Crippen molar-refractivity contribution in [1.29, 1.82) is 0 Å². The van der Waals surface area contributed by atoms with Gasteiger partial charge in [-0.1, -0.05) is 12.1 Å². The molecule has 1 aromatic carbocycles. The zero-order valence-corrected chi connectivity index (χ0v) is 8.84. The first-order valence-electron chi connectivity index (χ1n) is 4.38. The molecule has 1 atom stereocenters. The van der Waals surface area contributed by atoms with Crippen molar-refractivity contribution >= 4 is 12.4 Å². The van der Waals surface area contributed by atoms with Crippen molar-refractivity contribution < 1.29 is 9.47 Å². The number of hydrogen-bond acceptors (Lipinski definition) is 3. The van der Waals surface area contributed by atoms with Gasteiger partial charge in [0.2, 0.25) is 0 Å². The largest absolute Gasteiger partial charge is 0.493 e. The molecule has 1 aromatic rings. The second-order valence-corrected chi connectivity index (χ2v) is 3.12. The number of rotatable bonds is 1. The first-order valence-corrected chi connectivity index (χ1v) is 4.38. The molecule has 0 aliphatic carbocycles. The summed E-state index contributed by atoms with van der Waals surface area (Å²) in [5.41, 5.74) is 6.98. The maximum atomic E-state index is 5.93. The summed E-state index contributed by atoms with van der Waals surface area (Å²) in [6, 6.07) is 5.89. The van der Waals surface area contributed by atoms with Gasteiger partial charge in [-0.05, 0) is 6.07 Å². The molecule has 3 nitrogen and oxygen atoms in total. The molecule has 0 bridgehead atoms. The van der Waals surface area contributed by atoms with Crippen molar-refractivity contribution in [1.82, 2.24) is 0 Å². The van der Waals surface area contributed by atoms with E-state index in [2.05, 4.69) is 0 Å². The lowest BCUT2D eigenvalue weighted by Gasteiger charge is -2.24. The number of benzene rings is 1. The van der Waals surface area contributed by atoms with Crippen LogP contribution in [-0.4, -0.2) is 13.7 Å². The Bertz CT molecular complexity index is 317. The summed E-state index contributed by atoms with van der Waals surface area (Å²) in [7, 11) is 1.64. The lowest BCUT2D eigenvalue weighted by molar-refractivity contribution is 0.253. The lowest BCUT2D eigenvalue weighted by atomic mass is 10.0. The number of ether oxygens (including phenoxy) is 2. The third-order valence-corrected chi connectivity index (χ3v) is 2.30. The summed E-state index contributed by atoms with van der Waals surface area (Å²) in [6.45, 7) is 0.675. The highest BCUT2D eigenvalue weighted by molar-refractivity contribution is 5.85. The summed E-state index contributed by atoms with van der Waals surface area (Å²) in [4.78, 5) is 0. The predicted molar refractivity (Wildman–Crippen MR) is 57.3 cm³/mol. The van der Waals surface area contributed by atoms with E-state index in [0.717, 1.165) is 23.5 Å². The van der Waals surface area contributed by atoms with Gasteiger partial charge in [0.15, 0.2) is 11.5 Å². The quantitative estimate of drug-likeness (QED) is 0.778. The van der Waals surface area contributed by atoms with Crippen LogP contribution in [0.5, 0.6) is 11.5 Å². The van der Waals surface area contributed by atoms with E-state index in [1.165, 1.54) is 0 Å². The first-order chi connectivity index (χ1) is 6.33. The molecule has 2 N–H and O–H groups in total. The fourth-order valence-electron chi connectivity index (χ4n) is 1.58. The van der Waals surface area contributed by atoms with E-state index in [9.17, 15) is 0 Å². The third kappa shape index (κ3) is 1.79. The van der Waals surface area contributed by atoms with Crippen LogP contribution in [0.3, 0.4) is 0 Å². The van der Waals surface area contributed by atoms with Crippen LogP contribution >= 0.6 is 12.4 Å². The fraction of sp³-hybridized carbons (Fsp3) is 0.400. The molecule has 2 rings (SSSR count). The molecule has 1 aliphatic heterocycles. The molecule has 1 heterocycles. The van der Waals surface area contributed by atoms with E-state index in [1.807, 2.05) is 18.2 Å². The molecule has 0 saturated carbocycles. The highest BCUT2D eigenvalue weighted by Gasteiger charge is 2.20. The highest BCUT2D eigenvalue weighted by Crippen LogP contribution is 2.37. The van der Waals surface area contributed by atoms with Crippen molar-refractivity contribution in [3.8, 4) is 11.5 Å². The lowest BCUT2D eigenvalue weighted by Crippen LogP contribution is -2.20. The topological polar surface area (TPSA) is 44.5 Å².